The van der Waals surface area contributed by atoms with Gasteiger partial charge in [-0.05, 0) is 40.6 Å². The van der Waals surface area contributed by atoms with E-state index in [9.17, 15) is 4.79 Å². The summed E-state index contributed by atoms with van der Waals surface area (Å²) >= 11 is 12.6. The highest BCUT2D eigenvalue weighted by Crippen LogP contribution is 2.38. The van der Waals surface area contributed by atoms with Gasteiger partial charge < -0.3 is 19.5 Å². The predicted molar refractivity (Wildman–Crippen MR) is 109 cm³/mol. The minimum atomic E-state index is -0.319. The van der Waals surface area contributed by atoms with Gasteiger partial charge in [-0.25, -0.2) is 0 Å². The molecule has 0 aliphatic carbocycles. The van der Waals surface area contributed by atoms with E-state index >= 15 is 0 Å². The first kappa shape index (κ1) is 20.2. The third kappa shape index (κ3) is 4.12. The quantitative estimate of drug-likeness (QED) is 0.617. The van der Waals surface area contributed by atoms with Crippen LogP contribution < -0.4 is 19.5 Å². The number of ether oxygens (including phenoxy) is 3. The monoisotopic (exact) mass is 449 g/mol. The van der Waals surface area contributed by atoms with Crippen LogP contribution in [0.2, 0.25) is 10.0 Å². The molecule has 0 atom stereocenters. The Bertz CT molecular complexity index is 1080. The number of nitrogens with zero attached hydrogens (tertiary/aromatic N) is 4. The molecule has 3 aromatic rings. The van der Waals surface area contributed by atoms with Gasteiger partial charge in [0.1, 0.15) is 25.3 Å². The second-order valence-electron chi connectivity index (χ2n) is 6.37. The molecule has 0 saturated heterocycles. The Balaban J connectivity index is 1.45. The molecule has 0 radical (unpaired) electrons. The van der Waals surface area contributed by atoms with Crippen LogP contribution >= 0.6 is 23.2 Å². The maximum atomic E-state index is 12.7. The molecule has 11 heteroatoms. The summed E-state index contributed by atoms with van der Waals surface area (Å²) < 4.78 is 17.8. The van der Waals surface area contributed by atoms with E-state index in [-0.39, 0.29) is 5.91 Å². The number of hydrogen-bond acceptors (Lipinski definition) is 7. The number of halogens is 2. The summed E-state index contributed by atoms with van der Waals surface area (Å²) in [7, 11) is 1.47. The van der Waals surface area contributed by atoms with E-state index in [1.165, 1.54) is 24.2 Å². The molecule has 0 spiro atoms. The van der Waals surface area contributed by atoms with Crippen molar-refractivity contribution in [2.24, 2.45) is 0 Å². The van der Waals surface area contributed by atoms with Crippen molar-refractivity contribution in [3.63, 3.8) is 0 Å². The third-order valence-electron chi connectivity index (χ3n) is 4.47. The molecule has 2 aromatic carbocycles. The van der Waals surface area contributed by atoms with Crippen LogP contribution in [0.5, 0.6) is 17.2 Å². The fraction of sp³-hybridized carbons (Fsp3) is 0.263. The van der Waals surface area contributed by atoms with E-state index in [0.717, 1.165) is 5.56 Å². The number of carbonyl (C=O) groups excluding carboxylic acids is 1. The lowest BCUT2D eigenvalue weighted by atomic mass is 10.1. The van der Waals surface area contributed by atoms with Crippen LogP contribution in [-0.4, -0.2) is 53.0 Å². The molecule has 30 heavy (non-hydrogen) atoms. The second kappa shape index (κ2) is 8.76. The lowest BCUT2D eigenvalue weighted by molar-refractivity contribution is 0.0951. The highest BCUT2D eigenvalue weighted by Gasteiger charge is 2.19. The molecule has 0 unspecified atom stereocenters. The van der Waals surface area contributed by atoms with Crippen LogP contribution in [0.4, 0.5) is 0 Å². The van der Waals surface area contributed by atoms with E-state index in [2.05, 4.69) is 20.8 Å². The smallest absolute Gasteiger partial charge is 0.255 e. The highest BCUT2D eigenvalue weighted by molar-refractivity contribution is 6.33. The number of benzene rings is 2. The Kier molecular flexibility index (Phi) is 5.91. The van der Waals surface area contributed by atoms with Crippen molar-refractivity contribution in [3.8, 4) is 22.9 Å². The Morgan fingerprint density at radius 1 is 1.20 bits per heavy atom. The maximum absolute atomic E-state index is 12.7. The summed E-state index contributed by atoms with van der Waals surface area (Å²) in [6.07, 6.45) is 1.96. The minimum absolute atomic E-state index is 0.305. The number of rotatable bonds is 6. The van der Waals surface area contributed by atoms with Gasteiger partial charge in [-0.2, -0.15) is 4.68 Å². The van der Waals surface area contributed by atoms with Crippen molar-refractivity contribution in [1.29, 1.82) is 0 Å². The van der Waals surface area contributed by atoms with Crippen LogP contribution in [0, 0.1) is 0 Å². The molecule has 0 fully saturated rings. The van der Waals surface area contributed by atoms with E-state index in [1.807, 2.05) is 6.07 Å². The van der Waals surface area contributed by atoms with Crippen LogP contribution in [0.25, 0.3) is 5.69 Å². The molecule has 0 saturated carbocycles. The van der Waals surface area contributed by atoms with Crippen molar-refractivity contribution in [1.82, 2.24) is 25.5 Å². The van der Waals surface area contributed by atoms with Crippen LogP contribution in [0.15, 0.2) is 30.6 Å². The number of hydrogen-bond donors (Lipinski definition) is 1. The zero-order valence-electron chi connectivity index (χ0n) is 15.9. The molecule has 0 bridgehead atoms. The van der Waals surface area contributed by atoms with Crippen molar-refractivity contribution in [2.45, 2.75) is 6.42 Å². The number of nitrogens with one attached hydrogen (secondary N) is 1. The fourth-order valence-electron chi connectivity index (χ4n) is 3.06. The molecule has 156 valence electrons. The molecule has 1 aliphatic heterocycles. The summed E-state index contributed by atoms with van der Waals surface area (Å²) in [5, 5.41) is 14.6. The summed E-state index contributed by atoms with van der Waals surface area (Å²) in [6, 6.07) is 6.80. The first-order valence-electron chi connectivity index (χ1n) is 9.04. The molecular weight excluding hydrogens is 433 g/mol. The Morgan fingerprint density at radius 3 is 2.80 bits per heavy atom. The molecular formula is C19H17Cl2N5O4. The number of aromatic nitrogens is 4. The lowest BCUT2D eigenvalue weighted by Crippen LogP contribution is -2.26. The number of tetrazole rings is 1. The van der Waals surface area contributed by atoms with Gasteiger partial charge in [0, 0.05) is 12.6 Å². The van der Waals surface area contributed by atoms with Gasteiger partial charge in [-0.1, -0.05) is 23.2 Å². The van der Waals surface area contributed by atoms with Crippen LogP contribution in [-0.2, 0) is 6.42 Å². The van der Waals surface area contributed by atoms with Gasteiger partial charge in [-0.3, -0.25) is 4.79 Å². The standard InChI is InChI=1S/C19H17Cl2N5O4/c1-28-16-9-15(26-10-23-24-25-26)13(20)8-12(16)19(27)22-3-2-11-6-14(21)18-17(7-11)29-4-5-30-18/h6-10H,2-5H2,1H3,(H,22,27). The Morgan fingerprint density at radius 2 is 2.03 bits per heavy atom. The van der Waals surface area contributed by atoms with Crippen LogP contribution in [0.1, 0.15) is 15.9 Å². The SMILES string of the molecule is COc1cc(-n2cnnn2)c(Cl)cc1C(=O)NCCc1cc(Cl)c2c(c1)OCCO2. The maximum Gasteiger partial charge on any atom is 0.255 e. The van der Waals surface area contributed by atoms with Crippen molar-refractivity contribution < 1.29 is 19.0 Å². The zero-order valence-corrected chi connectivity index (χ0v) is 17.4. The molecule has 1 aromatic heterocycles. The normalized spacial score (nSPS) is 12.5. The predicted octanol–water partition coefficient (Wildman–Crippen LogP) is 2.72. The highest BCUT2D eigenvalue weighted by atomic mass is 35.5. The van der Waals surface area contributed by atoms with Crippen molar-refractivity contribution >= 4 is 29.1 Å². The lowest BCUT2D eigenvalue weighted by Gasteiger charge is -2.20. The molecule has 1 aliphatic rings. The van der Waals surface area contributed by atoms with E-state index < -0.39 is 0 Å². The van der Waals surface area contributed by atoms with Crippen molar-refractivity contribution in [3.05, 3.63) is 51.8 Å². The van der Waals surface area contributed by atoms with E-state index in [0.29, 0.717) is 64.7 Å². The first-order valence-corrected chi connectivity index (χ1v) is 9.79. The second-order valence-corrected chi connectivity index (χ2v) is 7.18. The van der Waals surface area contributed by atoms with Gasteiger partial charge in [0.15, 0.2) is 11.5 Å². The number of fused-ring (bicyclic) bond motifs is 1. The molecule has 9 nitrogen and oxygen atoms in total. The summed E-state index contributed by atoms with van der Waals surface area (Å²) in [4.78, 5) is 12.7. The summed E-state index contributed by atoms with van der Waals surface area (Å²) in [5.41, 5.74) is 1.73. The van der Waals surface area contributed by atoms with Crippen molar-refractivity contribution in [2.75, 3.05) is 26.9 Å². The van der Waals surface area contributed by atoms with Gasteiger partial charge in [0.2, 0.25) is 0 Å². The molecule has 2 heterocycles. The summed E-state index contributed by atoms with van der Waals surface area (Å²) in [6.45, 7) is 1.33. The van der Waals surface area contributed by atoms with E-state index in [4.69, 9.17) is 37.4 Å². The number of methoxy groups -OCH3 is 1. The first-order chi connectivity index (χ1) is 14.6. The van der Waals surface area contributed by atoms with Gasteiger partial charge in [0.05, 0.1) is 28.4 Å². The topological polar surface area (TPSA) is 100 Å². The minimum Gasteiger partial charge on any atom is -0.496 e. The van der Waals surface area contributed by atoms with Gasteiger partial charge >= 0.3 is 0 Å². The molecule has 1 amide bonds. The van der Waals surface area contributed by atoms with Gasteiger partial charge in [0.25, 0.3) is 5.91 Å². The third-order valence-corrected chi connectivity index (χ3v) is 5.05. The Hall–Kier alpha value is -3.04. The summed E-state index contributed by atoms with van der Waals surface area (Å²) in [5.74, 6) is 1.20. The fourth-order valence-corrected chi connectivity index (χ4v) is 3.60. The number of carbonyl (C=O) groups is 1. The molecule has 1 N–H and O–H groups in total. The zero-order chi connectivity index (χ0) is 21.1. The van der Waals surface area contributed by atoms with E-state index in [1.54, 1.807) is 12.1 Å². The Labute approximate surface area is 181 Å². The largest absolute Gasteiger partial charge is 0.496 e. The van der Waals surface area contributed by atoms with Crippen LogP contribution in [0.3, 0.4) is 0 Å². The average Bonchev–Trinajstić information content (AvgIpc) is 3.28. The average molecular weight is 450 g/mol. The number of amides is 1. The molecule has 4 rings (SSSR count). The van der Waals surface area contributed by atoms with Gasteiger partial charge in [-0.15, -0.1) is 5.10 Å².